The fraction of sp³-hybridized carbons (Fsp3) is 0.529. The minimum atomic E-state index is -0.486. The summed E-state index contributed by atoms with van der Waals surface area (Å²) in [5, 5.41) is 9.56. The summed E-state index contributed by atoms with van der Waals surface area (Å²) >= 11 is 0. The van der Waals surface area contributed by atoms with Crippen LogP contribution < -0.4 is 4.90 Å². The highest BCUT2D eigenvalue weighted by Gasteiger charge is 2.43. The summed E-state index contributed by atoms with van der Waals surface area (Å²) < 4.78 is 0. The van der Waals surface area contributed by atoms with E-state index in [1.54, 1.807) is 11.8 Å². The van der Waals surface area contributed by atoms with E-state index < -0.39 is 6.04 Å². The van der Waals surface area contributed by atoms with Gasteiger partial charge in [0.15, 0.2) is 0 Å². The fourth-order valence-electron chi connectivity index (χ4n) is 3.16. The molecule has 3 rings (SSSR count). The number of hydrogen-bond acceptors (Lipinski definition) is 4. The maximum atomic E-state index is 12.7. The van der Waals surface area contributed by atoms with Gasteiger partial charge in [0.05, 0.1) is 12.8 Å². The Morgan fingerprint density at radius 2 is 1.74 bits per heavy atom. The Balaban J connectivity index is 1.74. The molecule has 2 aliphatic rings. The van der Waals surface area contributed by atoms with Gasteiger partial charge < -0.3 is 5.11 Å². The molecule has 3 amide bonds. The number of likely N-dealkylation sites (tertiary alicyclic amines) is 1. The molecule has 124 valence electrons. The van der Waals surface area contributed by atoms with E-state index in [-0.39, 0.29) is 18.0 Å². The maximum absolute atomic E-state index is 12.7. The number of anilines is 1. The molecule has 2 saturated heterocycles. The van der Waals surface area contributed by atoms with Crippen molar-refractivity contribution in [2.75, 3.05) is 24.7 Å². The number of aryl methyl sites for hydroxylation is 1. The van der Waals surface area contributed by atoms with E-state index in [1.807, 2.05) is 36.1 Å². The number of nitrogens with zero attached hydrogens (tertiary/aromatic N) is 3. The number of rotatable bonds is 3. The van der Waals surface area contributed by atoms with Crippen LogP contribution in [0.1, 0.15) is 25.3 Å². The Labute approximate surface area is 136 Å². The van der Waals surface area contributed by atoms with Gasteiger partial charge in [0.2, 0.25) is 0 Å². The summed E-state index contributed by atoms with van der Waals surface area (Å²) in [4.78, 5) is 30.1. The van der Waals surface area contributed by atoms with Gasteiger partial charge in [-0.1, -0.05) is 17.7 Å². The first-order chi connectivity index (χ1) is 11.0. The van der Waals surface area contributed by atoms with Crippen LogP contribution in [0.25, 0.3) is 0 Å². The first kappa shape index (κ1) is 16.0. The van der Waals surface area contributed by atoms with Gasteiger partial charge >= 0.3 is 6.03 Å². The van der Waals surface area contributed by atoms with Crippen LogP contribution >= 0.6 is 0 Å². The summed E-state index contributed by atoms with van der Waals surface area (Å²) in [6.45, 7) is 5.46. The Morgan fingerprint density at radius 1 is 1.13 bits per heavy atom. The number of amides is 3. The number of piperidine rings is 1. The highest BCUT2D eigenvalue weighted by atomic mass is 16.3. The number of hydrogen-bond donors (Lipinski definition) is 1. The molecule has 2 fully saturated rings. The predicted octanol–water partition coefficient (Wildman–Crippen LogP) is 1.57. The molecule has 0 bridgehead atoms. The van der Waals surface area contributed by atoms with Crippen molar-refractivity contribution in [2.24, 2.45) is 0 Å². The number of urea groups is 1. The molecule has 2 aliphatic heterocycles. The van der Waals surface area contributed by atoms with Crippen molar-refractivity contribution in [3.63, 3.8) is 0 Å². The van der Waals surface area contributed by atoms with Crippen molar-refractivity contribution in [1.82, 2.24) is 9.80 Å². The number of benzene rings is 1. The summed E-state index contributed by atoms with van der Waals surface area (Å²) in [7, 11) is 0. The molecule has 0 radical (unpaired) electrons. The van der Waals surface area contributed by atoms with Crippen molar-refractivity contribution < 1.29 is 14.7 Å². The zero-order chi connectivity index (χ0) is 16.6. The van der Waals surface area contributed by atoms with E-state index in [0.717, 1.165) is 11.3 Å². The Hall–Kier alpha value is -1.92. The molecule has 1 aromatic rings. The minimum Gasteiger partial charge on any atom is -0.393 e. The first-order valence-corrected chi connectivity index (χ1v) is 8.09. The number of imide groups is 1. The normalized spacial score (nSPS) is 23.9. The van der Waals surface area contributed by atoms with Gasteiger partial charge in [0.1, 0.15) is 6.04 Å². The van der Waals surface area contributed by atoms with Crippen molar-refractivity contribution in [3.8, 4) is 0 Å². The van der Waals surface area contributed by atoms with Crippen LogP contribution in [0.3, 0.4) is 0 Å². The van der Waals surface area contributed by atoms with E-state index in [9.17, 15) is 14.7 Å². The van der Waals surface area contributed by atoms with Gasteiger partial charge in [-0.3, -0.25) is 14.6 Å². The standard InChI is InChI=1S/C17H23N3O3/c1-12-3-5-14(6-4-12)20-13(2)16(22)19(17(20)23)11-18-9-7-15(21)8-10-18/h3-6,13,15,21H,7-11H2,1-2H3/t13-/m1/s1. The largest absolute Gasteiger partial charge is 0.393 e. The third kappa shape index (κ3) is 3.09. The monoisotopic (exact) mass is 317 g/mol. The smallest absolute Gasteiger partial charge is 0.333 e. The minimum absolute atomic E-state index is 0.165. The van der Waals surface area contributed by atoms with Crippen molar-refractivity contribution >= 4 is 17.6 Å². The van der Waals surface area contributed by atoms with Crippen molar-refractivity contribution in [3.05, 3.63) is 29.8 Å². The summed E-state index contributed by atoms with van der Waals surface area (Å²) in [5.74, 6) is -0.165. The average molecular weight is 317 g/mol. The summed E-state index contributed by atoms with van der Waals surface area (Å²) in [5.41, 5.74) is 1.86. The zero-order valence-corrected chi connectivity index (χ0v) is 13.6. The van der Waals surface area contributed by atoms with Crippen LogP contribution in [0, 0.1) is 6.92 Å². The second-order valence-corrected chi connectivity index (χ2v) is 6.42. The molecular weight excluding hydrogens is 294 g/mol. The van der Waals surface area contributed by atoms with Gasteiger partial charge in [-0.25, -0.2) is 9.69 Å². The topological polar surface area (TPSA) is 64.1 Å². The van der Waals surface area contributed by atoms with Crippen LogP contribution in [0.15, 0.2) is 24.3 Å². The Bertz CT molecular complexity index is 594. The molecule has 0 saturated carbocycles. The lowest BCUT2D eigenvalue weighted by Gasteiger charge is -2.31. The lowest BCUT2D eigenvalue weighted by Crippen LogP contribution is -2.46. The van der Waals surface area contributed by atoms with E-state index in [0.29, 0.717) is 32.6 Å². The summed E-state index contributed by atoms with van der Waals surface area (Å²) in [6.07, 6.45) is 1.11. The fourth-order valence-corrected chi connectivity index (χ4v) is 3.16. The third-order valence-electron chi connectivity index (χ3n) is 4.66. The predicted molar refractivity (Wildman–Crippen MR) is 87.0 cm³/mol. The maximum Gasteiger partial charge on any atom is 0.333 e. The van der Waals surface area contributed by atoms with E-state index in [4.69, 9.17) is 0 Å². The molecule has 6 nitrogen and oxygen atoms in total. The SMILES string of the molecule is Cc1ccc(N2C(=O)N(CN3CCC(O)CC3)C(=O)[C@H]2C)cc1. The molecule has 0 aliphatic carbocycles. The average Bonchev–Trinajstić information content (AvgIpc) is 2.74. The Kier molecular flexibility index (Phi) is 4.37. The Morgan fingerprint density at radius 3 is 2.35 bits per heavy atom. The lowest BCUT2D eigenvalue weighted by molar-refractivity contribution is -0.128. The molecule has 0 aromatic heterocycles. The molecule has 6 heteroatoms. The van der Waals surface area contributed by atoms with Crippen LogP contribution in [0.2, 0.25) is 0 Å². The lowest BCUT2D eigenvalue weighted by atomic mass is 10.1. The summed E-state index contributed by atoms with van der Waals surface area (Å²) in [6, 6.07) is 6.87. The van der Waals surface area contributed by atoms with Crippen molar-refractivity contribution in [1.29, 1.82) is 0 Å². The zero-order valence-electron chi connectivity index (χ0n) is 13.6. The number of carbonyl (C=O) groups excluding carboxylic acids is 2. The highest BCUT2D eigenvalue weighted by Crippen LogP contribution is 2.26. The molecule has 0 unspecified atom stereocenters. The highest BCUT2D eigenvalue weighted by molar-refractivity contribution is 6.14. The van der Waals surface area contributed by atoms with Crippen molar-refractivity contribution in [2.45, 2.75) is 38.8 Å². The second kappa shape index (κ2) is 6.29. The van der Waals surface area contributed by atoms with Crippen LogP contribution in [0.4, 0.5) is 10.5 Å². The number of carbonyl (C=O) groups is 2. The van der Waals surface area contributed by atoms with Gasteiger partial charge in [0, 0.05) is 18.8 Å². The molecule has 0 spiro atoms. The van der Waals surface area contributed by atoms with E-state index >= 15 is 0 Å². The second-order valence-electron chi connectivity index (χ2n) is 6.42. The molecule has 1 N–H and O–H groups in total. The van der Waals surface area contributed by atoms with Crippen LogP contribution in [0.5, 0.6) is 0 Å². The quantitative estimate of drug-likeness (QED) is 0.860. The van der Waals surface area contributed by atoms with Gasteiger partial charge in [-0.05, 0) is 38.8 Å². The van der Waals surface area contributed by atoms with E-state index in [1.165, 1.54) is 4.90 Å². The molecule has 1 aromatic carbocycles. The number of aliphatic hydroxyl groups is 1. The van der Waals surface area contributed by atoms with Crippen LogP contribution in [-0.4, -0.2) is 58.7 Å². The van der Waals surface area contributed by atoms with E-state index in [2.05, 4.69) is 0 Å². The van der Waals surface area contributed by atoms with Gasteiger partial charge in [0.25, 0.3) is 5.91 Å². The first-order valence-electron chi connectivity index (χ1n) is 8.09. The molecular formula is C17H23N3O3. The van der Waals surface area contributed by atoms with Crippen LogP contribution in [-0.2, 0) is 4.79 Å². The third-order valence-corrected chi connectivity index (χ3v) is 4.66. The molecule has 2 heterocycles. The van der Waals surface area contributed by atoms with Gasteiger partial charge in [-0.2, -0.15) is 0 Å². The number of aliphatic hydroxyl groups excluding tert-OH is 1. The molecule has 1 atom stereocenters. The van der Waals surface area contributed by atoms with Gasteiger partial charge in [-0.15, -0.1) is 0 Å². The molecule has 23 heavy (non-hydrogen) atoms.